The van der Waals surface area contributed by atoms with Gasteiger partial charge in [0, 0.05) is 12.0 Å². The summed E-state index contributed by atoms with van der Waals surface area (Å²) < 4.78 is 4.83. The number of aryl methyl sites for hydroxylation is 1. The molecule has 1 saturated carbocycles. The highest BCUT2D eigenvalue weighted by Gasteiger charge is 2.29. The molecular formula is C16H23N3O3S. The number of methoxy groups -OCH3 is 1. The van der Waals surface area contributed by atoms with Crippen LogP contribution in [0.3, 0.4) is 0 Å². The monoisotopic (exact) mass is 337 g/mol. The van der Waals surface area contributed by atoms with Crippen molar-refractivity contribution in [3.8, 4) is 0 Å². The summed E-state index contributed by atoms with van der Waals surface area (Å²) in [5.74, 6) is 0.835. The van der Waals surface area contributed by atoms with Gasteiger partial charge in [0.1, 0.15) is 16.4 Å². The zero-order valence-corrected chi connectivity index (χ0v) is 14.8. The molecule has 2 rings (SSSR count). The van der Waals surface area contributed by atoms with E-state index in [-0.39, 0.29) is 17.7 Å². The predicted octanol–water partition coefficient (Wildman–Crippen LogP) is 2.46. The molecule has 23 heavy (non-hydrogen) atoms. The van der Waals surface area contributed by atoms with E-state index >= 15 is 0 Å². The molecule has 7 heteroatoms. The van der Waals surface area contributed by atoms with Crippen molar-refractivity contribution < 1.29 is 14.3 Å². The lowest BCUT2D eigenvalue weighted by atomic mass is 10.2. The topological polar surface area (TPSA) is 81.2 Å². The Morgan fingerprint density at radius 3 is 2.65 bits per heavy atom. The third-order valence-electron chi connectivity index (χ3n) is 3.77. The van der Waals surface area contributed by atoms with Crippen LogP contribution in [0, 0.1) is 6.92 Å². The zero-order chi connectivity index (χ0) is 17.0. The molecule has 126 valence electrons. The van der Waals surface area contributed by atoms with Crippen molar-refractivity contribution in [2.45, 2.75) is 57.0 Å². The first-order valence-electron chi connectivity index (χ1n) is 7.85. The Balaban J connectivity index is 2.17. The first-order valence-corrected chi connectivity index (χ1v) is 8.83. The molecule has 0 bridgehead atoms. The third kappa shape index (κ3) is 4.67. The molecule has 1 unspecified atom stereocenters. The van der Waals surface area contributed by atoms with Crippen LogP contribution in [0.15, 0.2) is 5.03 Å². The quantitative estimate of drug-likeness (QED) is 0.468. The van der Waals surface area contributed by atoms with E-state index < -0.39 is 5.97 Å². The molecular weight excluding hydrogens is 314 g/mol. The number of amides is 1. The fraction of sp³-hybridized carbons (Fsp3) is 0.625. The lowest BCUT2D eigenvalue weighted by Gasteiger charge is -2.13. The van der Waals surface area contributed by atoms with Crippen LogP contribution in [0.25, 0.3) is 0 Å². The number of thioether (sulfide) groups is 1. The Morgan fingerprint density at radius 1 is 1.39 bits per heavy atom. The number of ether oxygens (including phenoxy) is 1. The highest BCUT2D eigenvalue weighted by Crippen LogP contribution is 2.39. The van der Waals surface area contributed by atoms with Gasteiger partial charge in [0.2, 0.25) is 5.91 Å². The second-order valence-electron chi connectivity index (χ2n) is 5.78. The van der Waals surface area contributed by atoms with Crippen LogP contribution in [0.4, 0.5) is 0 Å². The summed E-state index contributed by atoms with van der Waals surface area (Å²) >= 11 is 1.26. The van der Waals surface area contributed by atoms with E-state index in [2.05, 4.69) is 15.3 Å². The average Bonchev–Trinajstić information content (AvgIpc) is 3.36. The standard InChI is InChI=1S/C16H23N3O3S/c1-5-9(2)17-12(20)8-23-15-13(16(21)22-4)10(3)18-14(19-15)11-6-7-11/h9,11H,5-8H2,1-4H3,(H,17,20). The van der Waals surface area contributed by atoms with Gasteiger partial charge in [-0.05, 0) is 33.1 Å². The molecule has 1 aliphatic carbocycles. The normalized spacial score (nSPS) is 15.1. The Labute approximate surface area is 140 Å². The van der Waals surface area contributed by atoms with Gasteiger partial charge in [-0.15, -0.1) is 0 Å². The first kappa shape index (κ1) is 17.7. The molecule has 1 fully saturated rings. The summed E-state index contributed by atoms with van der Waals surface area (Å²) in [6.07, 6.45) is 3.04. The Morgan fingerprint density at radius 2 is 2.09 bits per heavy atom. The molecule has 0 radical (unpaired) electrons. The van der Waals surface area contributed by atoms with E-state index in [1.807, 2.05) is 13.8 Å². The van der Waals surface area contributed by atoms with Crippen molar-refractivity contribution in [3.05, 3.63) is 17.1 Å². The molecule has 1 aromatic heterocycles. The molecule has 1 heterocycles. The van der Waals surface area contributed by atoms with E-state index in [9.17, 15) is 9.59 Å². The number of aromatic nitrogens is 2. The molecule has 0 spiro atoms. The maximum absolute atomic E-state index is 12.0. The maximum Gasteiger partial charge on any atom is 0.342 e. The van der Waals surface area contributed by atoms with Crippen molar-refractivity contribution in [1.29, 1.82) is 0 Å². The van der Waals surface area contributed by atoms with Crippen molar-refractivity contribution in [2.75, 3.05) is 12.9 Å². The van der Waals surface area contributed by atoms with Crippen LogP contribution in [-0.4, -0.2) is 40.7 Å². The number of nitrogens with zero attached hydrogens (tertiary/aromatic N) is 2. The highest BCUT2D eigenvalue weighted by molar-refractivity contribution is 8.00. The van der Waals surface area contributed by atoms with Crippen LogP contribution in [-0.2, 0) is 9.53 Å². The van der Waals surface area contributed by atoms with Crippen LogP contribution in [0.1, 0.15) is 60.9 Å². The molecule has 6 nitrogen and oxygen atoms in total. The first-order chi connectivity index (χ1) is 11.0. The van der Waals surface area contributed by atoms with E-state index in [1.54, 1.807) is 6.92 Å². The van der Waals surface area contributed by atoms with Crippen molar-refractivity contribution >= 4 is 23.6 Å². The lowest BCUT2D eigenvalue weighted by molar-refractivity contribution is -0.119. The van der Waals surface area contributed by atoms with Crippen molar-refractivity contribution in [3.63, 3.8) is 0 Å². The number of esters is 1. The summed E-state index contributed by atoms with van der Waals surface area (Å²) in [7, 11) is 1.33. The number of hydrogen-bond acceptors (Lipinski definition) is 6. The number of rotatable bonds is 7. The minimum Gasteiger partial charge on any atom is -0.465 e. The number of carbonyl (C=O) groups excluding carboxylic acids is 2. The largest absolute Gasteiger partial charge is 0.465 e. The van der Waals surface area contributed by atoms with Gasteiger partial charge in [-0.25, -0.2) is 14.8 Å². The summed E-state index contributed by atoms with van der Waals surface area (Å²) in [4.78, 5) is 32.9. The molecule has 0 saturated heterocycles. The van der Waals surface area contributed by atoms with E-state index in [4.69, 9.17) is 4.74 Å². The molecule has 1 aromatic rings. The molecule has 1 atom stereocenters. The van der Waals surface area contributed by atoms with Gasteiger partial charge in [-0.3, -0.25) is 4.79 Å². The van der Waals surface area contributed by atoms with Gasteiger partial charge in [-0.2, -0.15) is 0 Å². The third-order valence-corrected chi connectivity index (χ3v) is 4.74. The summed E-state index contributed by atoms with van der Waals surface area (Å²) in [6, 6.07) is 0.136. The van der Waals surface area contributed by atoms with Crippen LogP contribution < -0.4 is 5.32 Å². The smallest absolute Gasteiger partial charge is 0.342 e. The van der Waals surface area contributed by atoms with Gasteiger partial charge < -0.3 is 10.1 Å². The van der Waals surface area contributed by atoms with Gasteiger partial charge in [0.25, 0.3) is 0 Å². The summed E-state index contributed by atoms with van der Waals surface area (Å²) in [5.41, 5.74) is 0.969. The van der Waals surface area contributed by atoms with Crippen LogP contribution in [0.2, 0.25) is 0 Å². The second kappa shape index (κ2) is 7.77. The van der Waals surface area contributed by atoms with Gasteiger partial charge in [0.15, 0.2) is 0 Å². The minimum atomic E-state index is -0.463. The van der Waals surface area contributed by atoms with Crippen LogP contribution >= 0.6 is 11.8 Å². The number of nitrogens with one attached hydrogen (secondary N) is 1. The molecule has 1 N–H and O–H groups in total. The Bertz CT molecular complexity index is 602. The van der Waals surface area contributed by atoms with Gasteiger partial charge in [-0.1, -0.05) is 18.7 Å². The maximum atomic E-state index is 12.0. The van der Waals surface area contributed by atoms with Crippen molar-refractivity contribution in [2.24, 2.45) is 0 Å². The molecule has 0 aliphatic heterocycles. The Hall–Kier alpha value is -1.63. The lowest BCUT2D eigenvalue weighted by Crippen LogP contribution is -2.33. The number of carbonyl (C=O) groups is 2. The fourth-order valence-electron chi connectivity index (χ4n) is 2.09. The second-order valence-corrected chi connectivity index (χ2v) is 6.74. The van der Waals surface area contributed by atoms with E-state index in [1.165, 1.54) is 18.9 Å². The molecule has 0 aromatic carbocycles. The van der Waals surface area contributed by atoms with Gasteiger partial charge >= 0.3 is 5.97 Å². The highest BCUT2D eigenvalue weighted by atomic mass is 32.2. The zero-order valence-electron chi connectivity index (χ0n) is 14.0. The SMILES string of the molecule is CCC(C)NC(=O)CSc1nc(C2CC2)nc(C)c1C(=O)OC. The molecule has 1 aliphatic rings. The van der Waals surface area contributed by atoms with Gasteiger partial charge in [0.05, 0.1) is 18.6 Å². The van der Waals surface area contributed by atoms with E-state index in [0.717, 1.165) is 25.1 Å². The van der Waals surface area contributed by atoms with Crippen molar-refractivity contribution in [1.82, 2.24) is 15.3 Å². The average molecular weight is 337 g/mol. The predicted molar refractivity (Wildman–Crippen MR) is 88.7 cm³/mol. The molecule has 1 amide bonds. The van der Waals surface area contributed by atoms with E-state index in [0.29, 0.717) is 22.2 Å². The Kier molecular flexibility index (Phi) is 5.98. The minimum absolute atomic E-state index is 0.0654. The summed E-state index contributed by atoms with van der Waals surface area (Å²) in [6.45, 7) is 5.76. The summed E-state index contributed by atoms with van der Waals surface area (Å²) in [5, 5.41) is 3.44. The van der Waals surface area contributed by atoms with Crippen LogP contribution in [0.5, 0.6) is 0 Å². The fourth-order valence-corrected chi connectivity index (χ4v) is 2.97. The number of hydrogen-bond donors (Lipinski definition) is 1.